The van der Waals surface area contributed by atoms with Crippen LogP contribution in [0.2, 0.25) is 0 Å². The molecule has 0 saturated carbocycles. The first-order chi connectivity index (χ1) is 16.8. The molecule has 192 valence electrons. The van der Waals surface area contributed by atoms with Crippen LogP contribution in [0.15, 0.2) is 36.5 Å². The van der Waals surface area contributed by atoms with Crippen molar-refractivity contribution in [2.75, 3.05) is 17.7 Å². The average Bonchev–Trinajstić information content (AvgIpc) is 2.81. The van der Waals surface area contributed by atoms with E-state index in [0.29, 0.717) is 6.07 Å². The number of hydrogen-bond acceptors (Lipinski definition) is 9. The summed E-state index contributed by atoms with van der Waals surface area (Å²) in [6.45, 7) is 3.39. The first-order valence-electron chi connectivity index (χ1n) is 10.2. The number of nitrogens with zero attached hydrogens (tertiary/aromatic N) is 5. The summed E-state index contributed by atoms with van der Waals surface area (Å²) < 4.78 is 83.3. The molecule has 36 heavy (non-hydrogen) atoms. The van der Waals surface area contributed by atoms with Crippen molar-refractivity contribution < 1.29 is 35.9 Å². The summed E-state index contributed by atoms with van der Waals surface area (Å²) in [5, 5.41) is 5.28. The van der Waals surface area contributed by atoms with E-state index in [-0.39, 0.29) is 35.0 Å². The van der Waals surface area contributed by atoms with Crippen LogP contribution in [0.3, 0.4) is 0 Å². The number of carbonyl (C=O) groups excluding carboxylic acids is 1. The minimum Gasteiger partial charge on any atom is -0.467 e. The molecule has 0 amide bonds. The third kappa shape index (κ3) is 6.55. The quantitative estimate of drug-likeness (QED) is 0.341. The third-order valence-corrected chi connectivity index (χ3v) is 4.62. The summed E-state index contributed by atoms with van der Waals surface area (Å²) in [5.74, 6) is -1.90. The molecule has 3 aromatic heterocycles. The highest BCUT2D eigenvalue weighted by Gasteiger charge is 2.34. The van der Waals surface area contributed by atoms with Crippen molar-refractivity contribution in [1.29, 1.82) is 0 Å². The number of anilines is 3. The summed E-state index contributed by atoms with van der Waals surface area (Å²) in [7, 11) is 1.17. The van der Waals surface area contributed by atoms with Gasteiger partial charge in [-0.1, -0.05) is 19.9 Å². The average molecular weight is 515 g/mol. The van der Waals surface area contributed by atoms with Crippen LogP contribution >= 0.6 is 0 Å². The Bertz CT molecular complexity index is 1230. The van der Waals surface area contributed by atoms with Crippen LogP contribution < -0.4 is 10.6 Å². The number of alkyl halides is 6. The Hall–Kier alpha value is -4.04. The second-order valence-corrected chi connectivity index (χ2v) is 7.65. The molecular formula is C21H19F6N7O2. The Labute approximate surface area is 200 Å². The Morgan fingerprint density at radius 1 is 0.917 bits per heavy atom. The van der Waals surface area contributed by atoms with E-state index in [4.69, 9.17) is 4.74 Å². The minimum atomic E-state index is -4.75. The van der Waals surface area contributed by atoms with Gasteiger partial charge in [-0.05, 0) is 30.2 Å². The lowest BCUT2D eigenvalue weighted by atomic mass is 10.1. The summed E-state index contributed by atoms with van der Waals surface area (Å²) in [6.07, 6.45) is -8.56. The summed E-state index contributed by atoms with van der Waals surface area (Å²) in [5.41, 5.74) is -2.79. The number of aromatic nitrogens is 5. The molecule has 9 nitrogen and oxygen atoms in total. The molecule has 0 radical (unpaired) electrons. The second-order valence-electron chi connectivity index (χ2n) is 7.65. The number of ether oxygens (including phenoxy) is 1. The fraction of sp³-hybridized carbons (Fsp3) is 0.333. The lowest BCUT2D eigenvalue weighted by molar-refractivity contribution is -0.143. The Morgan fingerprint density at radius 2 is 1.58 bits per heavy atom. The molecular weight excluding hydrogens is 496 g/mol. The number of nitrogens with one attached hydrogen (secondary N) is 2. The summed E-state index contributed by atoms with van der Waals surface area (Å²) in [4.78, 5) is 31.1. The Morgan fingerprint density at radius 3 is 2.19 bits per heavy atom. The van der Waals surface area contributed by atoms with Gasteiger partial charge in [-0.3, -0.25) is 4.98 Å². The van der Waals surface area contributed by atoms with Gasteiger partial charge in [-0.15, -0.1) is 0 Å². The van der Waals surface area contributed by atoms with Gasteiger partial charge < -0.3 is 15.4 Å². The maximum atomic E-state index is 13.2. The number of hydrogen-bond donors (Lipinski definition) is 2. The van der Waals surface area contributed by atoms with Crippen molar-refractivity contribution in [3.63, 3.8) is 0 Å². The van der Waals surface area contributed by atoms with Gasteiger partial charge in [-0.2, -0.15) is 41.3 Å². The van der Waals surface area contributed by atoms with Crippen LogP contribution in [0.1, 0.15) is 25.2 Å². The van der Waals surface area contributed by atoms with E-state index >= 15 is 0 Å². The highest BCUT2D eigenvalue weighted by molar-refractivity contribution is 5.79. The fourth-order valence-corrected chi connectivity index (χ4v) is 2.88. The van der Waals surface area contributed by atoms with Crippen LogP contribution in [-0.2, 0) is 21.9 Å². The number of halogens is 6. The van der Waals surface area contributed by atoms with Gasteiger partial charge >= 0.3 is 18.3 Å². The van der Waals surface area contributed by atoms with Crippen LogP contribution in [0.25, 0.3) is 11.5 Å². The van der Waals surface area contributed by atoms with E-state index in [2.05, 4.69) is 35.6 Å². The van der Waals surface area contributed by atoms with E-state index in [1.54, 1.807) is 13.8 Å². The summed E-state index contributed by atoms with van der Waals surface area (Å²) in [6, 6.07) is 4.02. The van der Waals surface area contributed by atoms with Crippen molar-refractivity contribution >= 4 is 23.6 Å². The molecule has 0 saturated heterocycles. The third-order valence-electron chi connectivity index (χ3n) is 4.62. The first kappa shape index (κ1) is 26.6. The second kappa shape index (κ2) is 10.3. The zero-order valence-corrected chi connectivity index (χ0v) is 18.9. The maximum Gasteiger partial charge on any atom is 0.433 e. The van der Waals surface area contributed by atoms with Crippen molar-refractivity contribution in [3.05, 3.63) is 47.9 Å². The smallest absolute Gasteiger partial charge is 0.433 e. The molecule has 0 bridgehead atoms. The highest BCUT2D eigenvalue weighted by atomic mass is 19.4. The van der Waals surface area contributed by atoms with Crippen LogP contribution in [-0.4, -0.2) is 44.0 Å². The first-order valence-corrected chi connectivity index (χ1v) is 10.2. The van der Waals surface area contributed by atoms with Crippen LogP contribution in [0.4, 0.5) is 43.9 Å². The van der Waals surface area contributed by atoms with Gasteiger partial charge in [0, 0.05) is 11.9 Å². The summed E-state index contributed by atoms with van der Waals surface area (Å²) >= 11 is 0. The van der Waals surface area contributed by atoms with Crippen LogP contribution in [0.5, 0.6) is 0 Å². The monoisotopic (exact) mass is 515 g/mol. The van der Waals surface area contributed by atoms with Gasteiger partial charge in [0.1, 0.15) is 23.1 Å². The van der Waals surface area contributed by atoms with Crippen molar-refractivity contribution in [3.8, 4) is 11.5 Å². The molecule has 0 fully saturated rings. The van der Waals surface area contributed by atoms with Crippen LogP contribution in [0, 0.1) is 5.92 Å². The van der Waals surface area contributed by atoms with Gasteiger partial charge in [0.05, 0.1) is 7.11 Å². The van der Waals surface area contributed by atoms with E-state index in [1.165, 1.54) is 19.2 Å². The fourth-order valence-electron chi connectivity index (χ4n) is 2.88. The largest absolute Gasteiger partial charge is 0.467 e. The highest BCUT2D eigenvalue weighted by Crippen LogP contribution is 2.31. The zero-order chi connectivity index (χ0) is 26.7. The van der Waals surface area contributed by atoms with E-state index < -0.39 is 35.8 Å². The van der Waals surface area contributed by atoms with Gasteiger partial charge in [0.2, 0.25) is 11.9 Å². The molecule has 0 unspecified atom stereocenters. The Balaban J connectivity index is 2.08. The molecule has 0 aromatic carbocycles. The van der Waals surface area contributed by atoms with Gasteiger partial charge in [-0.25, -0.2) is 9.78 Å². The predicted molar refractivity (Wildman–Crippen MR) is 115 cm³/mol. The zero-order valence-electron chi connectivity index (χ0n) is 18.9. The van der Waals surface area contributed by atoms with Crippen molar-refractivity contribution in [2.24, 2.45) is 5.92 Å². The number of esters is 1. The minimum absolute atomic E-state index is 0.106. The Kier molecular flexibility index (Phi) is 7.59. The topological polar surface area (TPSA) is 115 Å². The molecule has 0 aliphatic heterocycles. The molecule has 2 N–H and O–H groups in total. The van der Waals surface area contributed by atoms with Gasteiger partial charge in [0.25, 0.3) is 0 Å². The van der Waals surface area contributed by atoms with E-state index in [1.807, 2.05) is 0 Å². The molecule has 3 aromatic rings. The number of methoxy groups -OCH3 is 1. The predicted octanol–water partition coefficient (Wildman–Crippen LogP) is 4.72. The number of carbonyl (C=O) groups is 1. The normalized spacial score (nSPS) is 12.8. The lowest BCUT2D eigenvalue weighted by Crippen LogP contribution is -2.36. The molecule has 3 rings (SSSR count). The van der Waals surface area contributed by atoms with Crippen molar-refractivity contribution in [1.82, 2.24) is 24.9 Å². The van der Waals surface area contributed by atoms with Crippen molar-refractivity contribution in [2.45, 2.75) is 32.2 Å². The van der Waals surface area contributed by atoms with E-state index in [9.17, 15) is 31.1 Å². The molecule has 0 spiro atoms. The molecule has 3 heterocycles. The standard InChI is InChI=1S/C21H19F6N7O2/c1-10(2)15(17(35)36-3)31-19-33-16(12-5-4-6-13(30-12)20(22,23)24)32-18(34-19)29-11-7-8-28-14(9-11)21(25,26)27/h4-10,15H,1-3H3,(H2,28,29,31,32,33,34)/t15-/m1/s1. The number of pyridine rings is 2. The lowest BCUT2D eigenvalue weighted by Gasteiger charge is -2.20. The molecule has 15 heteroatoms. The number of rotatable bonds is 7. The molecule has 1 atom stereocenters. The van der Waals surface area contributed by atoms with Gasteiger partial charge in [0.15, 0.2) is 5.82 Å². The molecule has 0 aliphatic carbocycles. The SMILES string of the molecule is COC(=O)[C@H](Nc1nc(Nc2ccnc(C(F)(F)F)c2)nc(-c2cccc(C(F)(F)F)n2)n1)C(C)C. The molecule has 0 aliphatic rings. The maximum absolute atomic E-state index is 13.2. The van der Waals surface area contributed by atoms with E-state index in [0.717, 1.165) is 18.3 Å².